The van der Waals surface area contributed by atoms with Gasteiger partial charge in [0.15, 0.2) is 0 Å². The number of anilines is 1. The van der Waals surface area contributed by atoms with Gasteiger partial charge in [0, 0.05) is 45.1 Å². The van der Waals surface area contributed by atoms with Crippen LogP contribution < -0.4 is 15.0 Å². The Morgan fingerprint density at radius 3 is 2.35 bits per heavy atom. The minimum Gasteiger partial charge on any atom is -0.497 e. The minimum atomic E-state index is -0.178. The van der Waals surface area contributed by atoms with E-state index in [4.69, 9.17) is 4.74 Å². The molecule has 1 aromatic heterocycles. The highest BCUT2D eigenvalue weighted by atomic mass is 16.5. The molecule has 3 rings (SSSR count). The van der Waals surface area contributed by atoms with E-state index in [-0.39, 0.29) is 5.91 Å². The van der Waals surface area contributed by atoms with Gasteiger partial charge in [0.2, 0.25) is 5.95 Å². The Balaban J connectivity index is 1.53. The fourth-order valence-corrected chi connectivity index (χ4v) is 2.89. The van der Waals surface area contributed by atoms with Crippen LogP contribution in [0.15, 0.2) is 36.7 Å². The standard InChI is InChI=1S/C19H25N5O2/c1-3-23-8-10-24(11-9-23)19-21-13-16(14-22-19)18(25)20-12-15-4-6-17(26-2)7-5-15/h4-7,13-14H,3,8-12H2,1-2H3,(H,20,25). The van der Waals surface area contributed by atoms with E-state index in [9.17, 15) is 4.79 Å². The molecule has 2 heterocycles. The van der Waals surface area contributed by atoms with Gasteiger partial charge in [0.1, 0.15) is 5.75 Å². The average molecular weight is 355 g/mol. The molecule has 0 atom stereocenters. The molecule has 1 N–H and O–H groups in total. The fraction of sp³-hybridized carbons (Fsp3) is 0.421. The van der Waals surface area contributed by atoms with Crippen LogP contribution >= 0.6 is 0 Å². The van der Waals surface area contributed by atoms with Gasteiger partial charge in [-0.05, 0) is 24.2 Å². The summed E-state index contributed by atoms with van der Waals surface area (Å²) in [4.78, 5) is 25.6. The Hall–Kier alpha value is -2.67. The molecular weight excluding hydrogens is 330 g/mol. The number of nitrogens with one attached hydrogen (secondary N) is 1. The number of likely N-dealkylation sites (N-methyl/N-ethyl adjacent to an activating group) is 1. The van der Waals surface area contributed by atoms with Gasteiger partial charge in [-0.15, -0.1) is 0 Å². The third kappa shape index (κ3) is 4.49. The lowest BCUT2D eigenvalue weighted by Gasteiger charge is -2.33. The molecule has 2 aromatic rings. The van der Waals surface area contributed by atoms with Crippen molar-refractivity contribution in [1.29, 1.82) is 0 Å². The number of benzene rings is 1. The number of rotatable bonds is 6. The third-order valence-electron chi connectivity index (χ3n) is 4.61. The normalized spacial score (nSPS) is 14.9. The molecule has 1 fully saturated rings. The van der Waals surface area contributed by atoms with Crippen LogP contribution in [0.4, 0.5) is 5.95 Å². The molecule has 1 saturated heterocycles. The lowest BCUT2D eigenvalue weighted by Crippen LogP contribution is -2.46. The number of carbonyl (C=O) groups is 1. The number of hydrogen-bond donors (Lipinski definition) is 1. The van der Waals surface area contributed by atoms with Gasteiger partial charge in [0.05, 0.1) is 12.7 Å². The molecule has 0 saturated carbocycles. The molecule has 7 heteroatoms. The first-order chi connectivity index (χ1) is 12.7. The Kier molecular flexibility index (Phi) is 6.01. The monoisotopic (exact) mass is 355 g/mol. The smallest absolute Gasteiger partial charge is 0.254 e. The SMILES string of the molecule is CCN1CCN(c2ncc(C(=O)NCc3ccc(OC)cc3)cn2)CC1. The summed E-state index contributed by atoms with van der Waals surface area (Å²) in [7, 11) is 1.63. The molecule has 1 aromatic carbocycles. The van der Waals surface area contributed by atoms with E-state index in [2.05, 4.69) is 32.0 Å². The van der Waals surface area contributed by atoms with Crippen LogP contribution in [0.25, 0.3) is 0 Å². The van der Waals surface area contributed by atoms with E-state index in [1.54, 1.807) is 19.5 Å². The van der Waals surface area contributed by atoms with Crippen molar-refractivity contribution in [1.82, 2.24) is 20.2 Å². The van der Waals surface area contributed by atoms with Crippen LogP contribution in [0, 0.1) is 0 Å². The van der Waals surface area contributed by atoms with Crippen molar-refractivity contribution < 1.29 is 9.53 Å². The summed E-state index contributed by atoms with van der Waals surface area (Å²) in [5, 5.41) is 2.89. The molecular formula is C19H25N5O2. The zero-order valence-electron chi connectivity index (χ0n) is 15.3. The van der Waals surface area contributed by atoms with Crippen molar-refractivity contribution >= 4 is 11.9 Å². The van der Waals surface area contributed by atoms with Crippen LogP contribution in [0.1, 0.15) is 22.8 Å². The molecule has 0 aliphatic carbocycles. The largest absolute Gasteiger partial charge is 0.497 e. The highest BCUT2D eigenvalue weighted by Crippen LogP contribution is 2.12. The molecule has 0 bridgehead atoms. The summed E-state index contributed by atoms with van der Waals surface area (Å²) >= 11 is 0. The summed E-state index contributed by atoms with van der Waals surface area (Å²) in [6.45, 7) is 7.55. The lowest BCUT2D eigenvalue weighted by atomic mass is 10.2. The first-order valence-electron chi connectivity index (χ1n) is 8.90. The number of nitrogens with zero attached hydrogens (tertiary/aromatic N) is 4. The van der Waals surface area contributed by atoms with Gasteiger partial charge in [-0.25, -0.2) is 9.97 Å². The van der Waals surface area contributed by atoms with Crippen molar-refractivity contribution in [3.63, 3.8) is 0 Å². The molecule has 0 unspecified atom stereocenters. The molecule has 1 aliphatic heterocycles. The maximum absolute atomic E-state index is 12.3. The molecule has 1 aliphatic rings. The van der Waals surface area contributed by atoms with Crippen molar-refractivity contribution in [3.05, 3.63) is 47.8 Å². The van der Waals surface area contributed by atoms with E-state index in [0.717, 1.165) is 44.0 Å². The van der Waals surface area contributed by atoms with Gasteiger partial charge < -0.3 is 19.9 Å². The third-order valence-corrected chi connectivity index (χ3v) is 4.61. The highest BCUT2D eigenvalue weighted by molar-refractivity contribution is 5.93. The fourth-order valence-electron chi connectivity index (χ4n) is 2.89. The molecule has 138 valence electrons. The Morgan fingerprint density at radius 1 is 1.12 bits per heavy atom. The van der Waals surface area contributed by atoms with E-state index in [1.165, 1.54) is 0 Å². The molecule has 0 radical (unpaired) electrons. The number of methoxy groups -OCH3 is 1. The van der Waals surface area contributed by atoms with Crippen LogP contribution in [0.2, 0.25) is 0 Å². The Bertz CT molecular complexity index is 710. The maximum atomic E-state index is 12.3. The van der Waals surface area contributed by atoms with Gasteiger partial charge in [-0.3, -0.25) is 4.79 Å². The highest BCUT2D eigenvalue weighted by Gasteiger charge is 2.18. The summed E-state index contributed by atoms with van der Waals surface area (Å²) in [5.41, 5.74) is 1.47. The zero-order chi connectivity index (χ0) is 18.4. The number of carbonyl (C=O) groups excluding carboxylic acids is 1. The van der Waals surface area contributed by atoms with Gasteiger partial charge in [-0.2, -0.15) is 0 Å². The quantitative estimate of drug-likeness (QED) is 0.848. The van der Waals surface area contributed by atoms with Crippen molar-refractivity contribution in [2.45, 2.75) is 13.5 Å². The summed E-state index contributed by atoms with van der Waals surface area (Å²) in [6, 6.07) is 7.60. The van der Waals surface area contributed by atoms with E-state index < -0.39 is 0 Å². The van der Waals surface area contributed by atoms with E-state index in [1.807, 2.05) is 24.3 Å². The Morgan fingerprint density at radius 2 is 1.77 bits per heavy atom. The maximum Gasteiger partial charge on any atom is 0.254 e. The van der Waals surface area contributed by atoms with Crippen LogP contribution in [0.5, 0.6) is 5.75 Å². The average Bonchev–Trinajstić information content (AvgIpc) is 2.72. The predicted molar refractivity (Wildman–Crippen MR) is 101 cm³/mol. The second-order valence-corrected chi connectivity index (χ2v) is 6.22. The van der Waals surface area contributed by atoms with E-state index in [0.29, 0.717) is 18.1 Å². The number of ether oxygens (including phenoxy) is 1. The van der Waals surface area contributed by atoms with Crippen LogP contribution in [0.3, 0.4) is 0 Å². The number of hydrogen-bond acceptors (Lipinski definition) is 6. The van der Waals surface area contributed by atoms with Crippen LogP contribution in [-0.4, -0.2) is 60.6 Å². The zero-order valence-corrected chi connectivity index (χ0v) is 15.3. The molecule has 0 spiro atoms. The topological polar surface area (TPSA) is 70.6 Å². The van der Waals surface area contributed by atoms with Crippen molar-refractivity contribution in [2.75, 3.05) is 44.7 Å². The number of amides is 1. The van der Waals surface area contributed by atoms with E-state index >= 15 is 0 Å². The minimum absolute atomic E-state index is 0.178. The van der Waals surface area contributed by atoms with Crippen LogP contribution in [-0.2, 0) is 6.54 Å². The summed E-state index contributed by atoms with van der Waals surface area (Å²) in [6.07, 6.45) is 3.19. The number of piperazine rings is 1. The lowest BCUT2D eigenvalue weighted by molar-refractivity contribution is 0.0950. The van der Waals surface area contributed by atoms with Gasteiger partial charge >= 0.3 is 0 Å². The molecule has 7 nitrogen and oxygen atoms in total. The summed E-state index contributed by atoms with van der Waals surface area (Å²) < 4.78 is 5.13. The predicted octanol–water partition coefficient (Wildman–Crippen LogP) is 1.56. The first kappa shape index (κ1) is 18.1. The number of aromatic nitrogens is 2. The van der Waals surface area contributed by atoms with Crippen molar-refractivity contribution in [3.8, 4) is 5.75 Å². The first-order valence-corrected chi connectivity index (χ1v) is 8.90. The molecule has 26 heavy (non-hydrogen) atoms. The summed E-state index contributed by atoms with van der Waals surface area (Å²) in [5.74, 6) is 1.31. The second-order valence-electron chi connectivity index (χ2n) is 6.22. The Labute approximate surface area is 154 Å². The van der Waals surface area contributed by atoms with Gasteiger partial charge in [-0.1, -0.05) is 19.1 Å². The second kappa shape index (κ2) is 8.62. The van der Waals surface area contributed by atoms with Gasteiger partial charge in [0.25, 0.3) is 5.91 Å². The van der Waals surface area contributed by atoms with Crippen molar-refractivity contribution in [2.24, 2.45) is 0 Å². The molecule has 1 amide bonds.